The van der Waals surface area contributed by atoms with E-state index in [-0.39, 0.29) is 6.04 Å². The minimum Gasteiger partial charge on any atom is -0.493 e. The molecular weight excluding hydrogens is 390 g/mol. The summed E-state index contributed by atoms with van der Waals surface area (Å²) in [6, 6.07) is 15.2. The topological polar surface area (TPSA) is 72.7 Å². The van der Waals surface area contributed by atoms with Crippen LogP contribution in [0.1, 0.15) is 11.6 Å². The average molecular weight is 414 g/mol. The molecule has 8 heteroatoms. The molecule has 0 aliphatic heterocycles. The minimum atomic E-state index is -0.0220. The van der Waals surface area contributed by atoms with Crippen molar-refractivity contribution in [3.05, 3.63) is 71.5 Å². The number of nitrogens with one attached hydrogen (secondary N) is 2. The Balaban J connectivity index is 1.73. The molecule has 0 fully saturated rings. The number of nitrogens with zero attached hydrogens (tertiary/aromatic N) is 3. The number of ether oxygens (including phenoxy) is 2. The van der Waals surface area contributed by atoms with Gasteiger partial charge in [0, 0.05) is 42.8 Å². The normalized spacial score (nSPS) is 12.3. The highest BCUT2D eigenvalue weighted by molar-refractivity contribution is 6.30. The molecule has 29 heavy (non-hydrogen) atoms. The number of aliphatic imine (C=N–C) groups is 1. The summed E-state index contributed by atoms with van der Waals surface area (Å²) >= 11 is 6.04. The molecule has 152 valence electrons. The zero-order chi connectivity index (χ0) is 20.6. The third kappa shape index (κ3) is 5.20. The van der Waals surface area contributed by atoms with Gasteiger partial charge in [-0.25, -0.2) is 0 Å². The SMILES string of the molecule is CN=C(NCC(c1ccc(Cl)cc1)n1cccn1)Nc1ccc(OC)c(OC)c1. The van der Waals surface area contributed by atoms with E-state index in [0.29, 0.717) is 29.0 Å². The first-order chi connectivity index (χ1) is 14.1. The molecule has 0 amide bonds. The van der Waals surface area contributed by atoms with Gasteiger partial charge in [0.2, 0.25) is 0 Å². The lowest BCUT2D eigenvalue weighted by atomic mass is 10.1. The molecule has 2 aromatic carbocycles. The summed E-state index contributed by atoms with van der Waals surface area (Å²) in [5.41, 5.74) is 1.92. The van der Waals surface area contributed by atoms with Gasteiger partial charge in [0.15, 0.2) is 17.5 Å². The van der Waals surface area contributed by atoms with E-state index in [4.69, 9.17) is 21.1 Å². The number of guanidine groups is 1. The minimum absolute atomic E-state index is 0.0220. The van der Waals surface area contributed by atoms with Crippen LogP contribution in [0, 0.1) is 0 Å². The first-order valence-corrected chi connectivity index (χ1v) is 9.46. The Bertz CT molecular complexity index is 942. The fourth-order valence-corrected chi connectivity index (χ4v) is 3.06. The van der Waals surface area contributed by atoms with Crippen molar-refractivity contribution in [3.8, 4) is 11.5 Å². The third-order valence-corrected chi connectivity index (χ3v) is 4.68. The quantitative estimate of drug-likeness (QED) is 0.455. The Morgan fingerprint density at radius 1 is 1.14 bits per heavy atom. The molecule has 3 aromatic rings. The summed E-state index contributed by atoms with van der Waals surface area (Å²) in [5.74, 6) is 1.94. The van der Waals surface area contributed by atoms with Gasteiger partial charge in [-0.15, -0.1) is 0 Å². The highest BCUT2D eigenvalue weighted by Gasteiger charge is 2.15. The van der Waals surface area contributed by atoms with Crippen LogP contribution in [0.4, 0.5) is 5.69 Å². The van der Waals surface area contributed by atoms with E-state index in [1.54, 1.807) is 27.5 Å². The molecule has 1 aromatic heterocycles. The van der Waals surface area contributed by atoms with Gasteiger partial charge >= 0.3 is 0 Å². The van der Waals surface area contributed by atoms with Crippen LogP contribution in [0.25, 0.3) is 0 Å². The molecule has 0 saturated carbocycles. The lowest BCUT2D eigenvalue weighted by Crippen LogP contribution is -2.36. The van der Waals surface area contributed by atoms with Crippen LogP contribution >= 0.6 is 11.6 Å². The van der Waals surface area contributed by atoms with E-state index in [1.165, 1.54) is 0 Å². The second-order valence-electron chi connectivity index (χ2n) is 6.20. The lowest BCUT2D eigenvalue weighted by molar-refractivity contribution is 0.355. The van der Waals surface area contributed by atoms with Gasteiger partial charge in [-0.1, -0.05) is 23.7 Å². The number of anilines is 1. The van der Waals surface area contributed by atoms with E-state index in [2.05, 4.69) is 20.7 Å². The predicted molar refractivity (Wildman–Crippen MR) is 116 cm³/mol. The summed E-state index contributed by atoms with van der Waals surface area (Å²) in [6.07, 6.45) is 3.70. The van der Waals surface area contributed by atoms with Crippen molar-refractivity contribution in [3.63, 3.8) is 0 Å². The first-order valence-electron chi connectivity index (χ1n) is 9.09. The van der Waals surface area contributed by atoms with E-state index in [1.807, 2.05) is 59.4 Å². The molecule has 3 rings (SSSR count). The summed E-state index contributed by atoms with van der Waals surface area (Å²) in [6.45, 7) is 0.580. The fourth-order valence-electron chi connectivity index (χ4n) is 2.94. The van der Waals surface area contributed by atoms with Gasteiger partial charge in [-0.2, -0.15) is 5.10 Å². The summed E-state index contributed by atoms with van der Waals surface area (Å²) in [4.78, 5) is 4.31. The monoisotopic (exact) mass is 413 g/mol. The molecule has 7 nitrogen and oxygen atoms in total. The molecule has 0 aliphatic rings. The van der Waals surface area contributed by atoms with E-state index in [0.717, 1.165) is 11.3 Å². The third-order valence-electron chi connectivity index (χ3n) is 4.43. The molecular formula is C21H24ClN5O2. The zero-order valence-corrected chi connectivity index (χ0v) is 17.3. The average Bonchev–Trinajstić information content (AvgIpc) is 3.28. The summed E-state index contributed by atoms with van der Waals surface area (Å²) < 4.78 is 12.5. The van der Waals surface area contributed by atoms with E-state index in [9.17, 15) is 0 Å². The maximum Gasteiger partial charge on any atom is 0.195 e. The van der Waals surface area contributed by atoms with Gasteiger partial charge < -0.3 is 20.1 Å². The van der Waals surface area contributed by atoms with Crippen molar-refractivity contribution >= 4 is 23.2 Å². The van der Waals surface area contributed by atoms with Crippen molar-refractivity contribution in [1.82, 2.24) is 15.1 Å². The second kappa shape index (κ2) is 9.84. The van der Waals surface area contributed by atoms with Crippen LogP contribution in [-0.4, -0.2) is 43.6 Å². The number of benzene rings is 2. The Morgan fingerprint density at radius 3 is 2.52 bits per heavy atom. The van der Waals surface area contributed by atoms with Gasteiger partial charge in [0.25, 0.3) is 0 Å². The lowest BCUT2D eigenvalue weighted by Gasteiger charge is -2.21. The second-order valence-corrected chi connectivity index (χ2v) is 6.64. The smallest absolute Gasteiger partial charge is 0.195 e. The molecule has 1 unspecified atom stereocenters. The number of halogens is 1. The van der Waals surface area contributed by atoms with Gasteiger partial charge in [-0.05, 0) is 35.9 Å². The molecule has 1 heterocycles. The van der Waals surface area contributed by atoms with E-state index < -0.39 is 0 Å². The number of methoxy groups -OCH3 is 2. The summed E-state index contributed by atoms with van der Waals surface area (Å²) in [7, 11) is 4.94. The highest BCUT2D eigenvalue weighted by atomic mass is 35.5. The van der Waals surface area contributed by atoms with Crippen LogP contribution in [0.15, 0.2) is 65.9 Å². The van der Waals surface area contributed by atoms with Crippen LogP contribution in [0.3, 0.4) is 0 Å². The maximum atomic E-state index is 6.04. The number of rotatable bonds is 7. The Morgan fingerprint density at radius 2 is 1.90 bits per heavy atom. The number of hydrogen-bond acceptors (Lipinski definition) is 4. The number of aromatic nitrogens is 2. The molecule has 0 radical (unpaired) electrons. The van der Waals surface area contributed by atoms with Gasteiger partial charge in [0.1, 0.15) is 0 Å². The van der Waals surface area contributed by atoms with Crippen LogP contribution in [0.5, 0.6) is 11.5 Å². The predicted octanol–water partition coefficient (Wildman–Crippen LogP) is 3.83. The zero-order valence-electron chi connectivity index (χ0n) is 16.6. The van der Waals surface area contributed by atoms with Crippen molar-refractivity contribution in [2.75, 3.05) is 33.1 Å². The Kier molecular flexibility index (Phi) is 6.97. The van der Waals surface area contributed by atoms with Crippen LogP contribution < -0.4 is 20.1 Å². The van der Waals surface area contributed by atoms with Crippen molar-refractivity contribution in [2.24, 2.45) is 4.99 Å². The molecule has 2 N–H and O–H groups in total. The molecule has 0 bridgehead atoms. The molecule has 0 aliphatic carbocycles. The Hall–Kier alpha value is -3.19. The molecule has 1 atom stereocenters. The summed E-state index contributed by atoms with van der Waals surface area (Å²) in [5, 5.41) is 11.7. The number of hydrogen-bond donors (Lipinski definition) is 2. The van der Waals surface area contributed by atoms with E-state index >= 15 is 0 Å². The first kappa shape index (κ1) is 20.5. The maximum absolute atomic E-state index is 6.04. The largest absolute Gasteiger partial charge is 0.493 e. The fraction of sp³-hybridized carbons (Fsp3) is 0.238. The Labute approximate surface area is 175 Å². The standard InChI is InChI=1S/C21H24ClN5O2/c1-23-21(26-17-9-10-19(28-2)20(13-17)29-3)24-14-18(27-12-4-11-25-27)15-5-7-16(22)8-6-15/h4-13,18H,14H2,1-3H3,(H2,23,24,26). The van der Waals surface area contributed by atoms with Gasteiger partial charge in [-0.3, -0.25) is 9.67 Å². The van der Waals surface area contributed by atoms with Crippen molar-refractivity contribution in [2.45, 2.75) is 6.04 Å². The molecule has 0 spiro atoms. The van der Waals surface area contributed by atoms with Crippen molar-refractivity contribution < 1.29 is 9.47 Å². The molecule has 0 saturated heterocycles. The van der Waals surface area contributed by atoms with Crippen LogP contribution in [-0.2, 0) is 0 Å². The van der Waals surface area contributed by atoms with Crippen molar-refractivity contribution in [1.29, 1.82) is 0 Å². The highest BCUT2D eigenvalue weighted by Crippen LogP contribution is 2.29. The van der Waals surface area contributed by atoms with Crippen LogP contribution in [0.2, 0.25) is 5.02 Å². The van der Waals surface area contributed by atoms with Gasteiger partial charge in [0.05, 0.1) is 20.3 Å².